The average molecular weight is 434 g/mol. The first-order chi connectivity index (χ1) is 15.7. The number of morpholine rings is 1. The van der Waals surface area contributed by atoms with Crippen LogP contribution in [0.4, 0.5) is 17.2 Å². The molecule has 1 fully saturated rings. The number of anilines is 3. The SMILES string of the molecule is CCOC(=O)c1cc(Nc2cc(-c3ccccc3OC)ncn2)ccc1N1CCOCC1. The minimum Gasteiger partial charge on any atom is -0.496 e. The van der Waals surface area contributed by atoms with Crippen molar-refractivity contribution in [2.24, 2.45) is 0 Å². The van der Waals surface area contributed by atoms with Crippen LogP contribution in [0.25, 0.3) is 11.3 Å². The van der Waals surface area contributed by atoms with Crippen molar-refractivity contribution >= 4 is 23.2 Å². The van der Waals surface area contributed by atoms with Gasteiger partial charge in [0.05, 0.1) is 43.9 Å². The van der Waals surface area contributed by atoms with Crippen LogP contribution in [0.3, 0.4) is 0 Å². The highest BCUT2D eigenvalue weighted by Crippen LogP contribution is 2.31. The molecule has 1 aliphatic rings. The molecule has 0 radical (unpaired) electrons. The highest BCUT2D eigenvalue weighted by molar-refractivity contribution is 5.97. The van der Waals surface area contributed by atoms with E-state index in [1.165, 1.54) is 6.33 Å². The topological polar surface area (TPSA) is 85.8 Å². The lowest BCUT2D eigenvalue weighted by Crippen LogP contribution is -2.37. The standard InChI is InChI=1S/C24H26N4O4/c1-3-32-24(29)19-14-17(8-9-21(19)28-10-12-31-13-11-28)27-23-15-20(25-16-26-23)18-6-4-5-7-22(18)30-2/h4-9,14-16H,3,10-13H2,1-2H3,(H,25,26,27). The Labute approximate surface area is 187 Å². The number of nitrogens with zero attached hydrogens (tertiary/aromatic N) is 3. The Kier molecular flexibility index (Phi) is 6.81. The fourth-order valence-corrected chi connectivity index (χ4v) is 3.64. The van der Waals surface area contributed by atoms with Crippen LogP contribution in [0.1, 0.15) is 17.3 Å². The maximum Gasteiger partial charge on any atom is 0.340 e. The second-order valence-corrected chi connectivity index (χ2v) is 7.17. The third kappa shape index (κ3) is 4.81. The number of aromatic nitrogens is 2. The Bertz CT molecular complexity index is 1080. The van der Waals surface area contributed by atoms with E-state index in [0.29, 0.717) is 31.2 Å². The van der Waals surface area contributed by atoms with Crippen LogP contribution < -0.4 is 15.0 Å². The predicted octanol–water partition coefficient (Wildman–Crippen LogP) is 3.91. The van der Waals surface area contributed by atoms with E-state index in [2.05, 4.69) is 20.2 Å². The third-order valence-corrected chi connectivity index (χ3v) is 5.17. The van der Waals surface area contributed by atoms with E-state index in [-0.39, 0.29) is 5.97 Å². The molecule has 4 rings (SSSR count). The predicted molar refractivity (Wildman–Crippen MR) is 123 cm³/mol. The molecular formula is C24H26N4O4. The Morgan fingerprint density at radius 3 is 2.72 bits per heavy atom. The first kappa shape index (κ1) is 21.6. The first-order valence-electron chi connectivity index (χ1n) is 10.6. The van der Waals surface area contributed by atoms with Crippen LogP contribution in [0, 0.1) is 0 Å². The van der Waals surface area contributed by atoms with E-state index in [1.807, 2.05) is 42.5 Å². The molecule has 0 unspecified atom stereocenters. The summed E-state index contributed by atoms with van der Waals surface area (Å²) in [4.78, 5) is 23.5. The van der Waals surface area contributed by atoms with E-state index in [0.717, 1.165) is 41.5 Å². The summed E-state index contributed by atoms with van der Waals surface area (Å²) >= 11 is 0. The van der Waals surface area contributed by atoms with Crippen molar-refractivity contribution in [3.63, 3.8) is 0 Å². The molecule has 0 saturated carbocycles. The van der Waals surface area contributed by atoms with E-state index in [9.17, 15) is 4.79 Å². The Balaban J connectivity index is 1.63. The molecule has 166 valence electrons. The number of rotatable bonds is 7. The minimum absolute atomic E-state index is 0.313. The molecule has 2 aromatic carbocycles. The van der Waals surface area contributed by atoms with Crippen molar-refractivity contribution in [1.82, 2.24) is 9.97 Å². The van der Waals surface area contributed by atoms with Crippen molar-refractivity contribution in [3.8, 4) is 17.0 Å². The molecule has 1 aliphatic heterocycles. The summed E-state index contributed by atoms with van der Waals surface area (Å²) in [5.41, 5.74) is 3.69. The number of nitrogens with one attached hydrogen (secondary N) is 1. The van der Waals surface area contributed by atoms with Gasteiger partial charge in [0.1, 0.15) is 17.9 Å². The second-order valence-electron chi connectivity index (χ2n) is 7.17. The zero-order valence-electron chi connectivity index (χ0n) is 18.2. The van der Waals surface area contributed by atoms with Gasteiger partial charge in [0.25, 0.3) is 0 Å². The van der Waals surface area contributed by atoms with E-state index in [4.69, 9.17) is 14.2 Å². The minimum atomic E-state index is -0.352. The van der Waals surface area contributed by atoms with Gasteiger partial charge >= 0.3 is 5.97 Å². The van der Waals surface area contributed by atoms with Gasteiger partial charge in [-0.2, -0.15) is 0 Å². The number of hydrogen-bond acceptors (Lipinski definition) is 8. The molecule has 1 N–H and O–H groups in total. The molecule has 2 heterocycles. The lowest BCUT2D eigenvalue weighted by molar-refractivity contribution is 0.0526. The zero-order chi connectivity index (χ0) is 22.3. The van der Waals surface area contributed by atoms with Crippen LogP contribution in [0.15, 0.2) is 54.9 Å². The molecule has 3 aromatic rings. The fourth-order valence-electron chi connectivity index (χ4n) is 3.64. The largest absolute Gasteiger partial charge is 0.496 e. The number of para-hydroxylation sites is 1. The van der Waals surface area contributed by atoms with Crippen LogP contribution in [0.2, 0.25) is 0 Å². The maximum absolute atomic E-state index is 12.7. The first-order valence-corrected chi connectivity index (χ1v) is 10.6. The number of ether oxygens (including phenoxy) is 3. The third-order valence-electron chi connectivity index (χ3n) is 5.17. The summed E-state index contributed by atoms with van der Waals surface area (Å²) in [7, 11) is 1.63. The molecule has 0 atom stereocenters. The van der Waals surface area contributed by atoms with Crippen molar-refractivity contribution in [2.45, 2.75) is 6.92 Å². The highest BCUT2D eigenvalue weighted by atomic mass is 16.5. The lowest BCUT2D eigenvalue weighted by atomic mass is 10.1. The number of carbonyl (C=O) groups is 1. The molecular weight excluding hydrogens is 408 g/mol. The molecule has 32 heavy (non-hydrogen) atoms. The molecule has 1 saturated heterocycles. The van der Waals surface area contributed by atoms with Gasteiger partial charge in [-0.05, 0) is 37.3 Å². The number of methoxy groups -OCH3 is 1. The Morgan fingerprint density at radius 2 is 1.94 bits per heavy atom. The smallest absolute Gasteiger partial charge is 0.340 e. The quantitative estimate of drug-likeness (QED) is 0.560. The van der Waals surface area contributed by atoms with Crippen LogP contribution >= 0.6 is 0 Å². The second kappa shape index (κ2) is 10.1. The van der Waals surface area contributed by atoms with E-state index >= 15 is 0 Å². The van der Waals surface area contributed by atoms with E-state index < -0.39 is 0 Å². The summed E-state index contributed by atoms with van der Waals surface area (Å²) in [5.74, 6) is 0.987. The molecule has 1 aromatic heterocycles. The van der Waals surface area contributed by atoms with Crippen molar-refractivity contribution < 1.29 is 19.0 Å². The van der Waals surface area contributed by atoms with Crippen molar-refractivity contribution in [2.75, 3.05) is 50.2 Å². The van der Waals surface area contributed by atoms with Crippen LogP contribution in [0.5, 0.6) is 5.75 Å². The van der Waals surface area contributed by atoms with Gasteiger partial charge in [-0.15, -0.1) is 0 Å². The molecule has 8 nitrogen and oxygen atoms in total. The number of carbonyl (C=O) groups excluding carboxylic acids is 1. The summed E-state index contributed by atoms with van der Waals surface area (Å²) in [5, 5.41) is 3.28. The highest BCUT2D eigenvalue weighted by Gasteiger charge is 2.20. The summed E-state index contributed by atoms with van der Waals surface area (Å²) in [6, 6.07) is 15.2. The van der Waals surface area contributed by atoms with Gasteiger partial charge in [0, 0.05) is 30.4 Å². The average Bonchev–Trinajstić information content (AvgIpc) is 2.85. The van der Waals surface area contributed by atoms with Gasteiger partial charge in [-0.3, -0.25) is 0 Å². The Morgan fingerprint density at radius 1 is 1.12 bits per heavy atom. The number of hydrogen-bond donors (Lipinski definition) is 1. The van der Waals surface area contributed by atoms with Gasteiger partial charge in [-0.25, -0.2) is 14.8 Å². The fraction of sp³-hybridized carbons (Fsp3) is 0.292. The molecule has 0 bridgehead atoms. The molecule has 8 heteroatoms. The van der Waals surface area contributed by atoms with E-state index in [1.54, 1.807) is 20.1 Å². The lowest BCUT2D eigenvalue weighted by Gasteiger charge is -2.30. The molecule has 0 aliphatic carbocycles. The molecule has 0 amide bonds. The Hall–Kier alpha value is -3.65. The van der Waals surface area contributed by atoms with Crippen LogP contribution in [-0.2, 0) is 9.47 Å². The summed E-state index contributed by atoms with van der Waals surface area (Å²) < 4.78 is 16.2. The van der Waals surface area contributed by atoms with Crippen LogP contribution in [-0.4, -0.2) is 56.0 Å². The van der Waals surface area contributed by atoms with Gasteiger partial charge in [0.2, 0.25) is 0 Å². The molecule has 0 spiro atoms. The zero-order valence-corrected chi connectivity index (χ0v) is 18.2. The van der Waals surface area contributed by atoms with Gasteiger partial charge in [-0.1, -0.05) is 12.1 Å². The summed E-state index contributed by atoms with van der Waals surface area (Å²) in [6.07, 6.45) is 1.50. The monoisotopic (exact) mass is 434 g/mol. The number of benzene rings is 2. The number of esters is 1. The van der Waals surface area contributed by atoms with Crippen molar-refractivity contribution in [1.29, 1.82) is 0 Å². The van der Waals surface area contributed by atoms with Crippen molar-refractivity contribution in [3.05, 3.63) is 60.4 Å². The normalized spacial score (nSPS) is 13.5. The maximum atomic E-state index is 12.7. The van der Waals surface area contributed by atoms with Gasteiger partial charge in [0.15, 0.2) is 0 Å². The van der Waals surface area contributed by atoms with Gasteiger partial charge < -0.3 is 24.4 Å². The summed E-state index contributed by atoms with van der Waals surface area (Å²) in [6.45, 7) is 4.84.